The second-order valence-electron chi connectivity index (χ2n) is 5.24. The average Bonchev–Trinajstić information content (AvgIpc) is 2.95. The lowest BCUT2D eigenvalue weighted by Crippen LogP contribution is -2.45. The number of likely N-dealkylation sites (N-methyl/N-ethyl adjacent to an activating group) is 1. The molecule has 2 amide bonds. The molecule has 1 N–H and O–H groups in total. The van der Waals surface area contributed by atoms with Gasteiger partial charge in [0.25, 0.3) is 0 Å². The molecule has 2 aliphatic heterocycles. The van der Waals surface area contributed by atoms with Crippen molar-refractivity contribution in [2.24, 2.45) is 11.8 Å². The number of carboxylic acid groups (broad SMARTS) is 1. The fourth-order valence-electron chi connectivity index (χ4n) is 2.65. The van der Waals surface area contributed by atoms with Crippen LogP contribution in [0.4, 0.5) is 4.79 Å². The molecular formula is C12H20N2O4. The molecule has 3 unspecified atom stereocenters. The smallest absolute Gasteiger partial charge is 0.320 e. The van der Waals surface area contributed by atoms with Crippen molar-refractivity contribution in [1.82, 2.24) is 9.80 Å². The monoisotopic (exact) mass is 256 g/mol. The number of ether oxygens (including phenoxy) is 1. The van der Waals surface area contributed by atoms with Gasteiger partial charge in [0.05, 0.1) is 18.6 Å². The van der Waals surface area contributed by atoms with Gasteiger partial charge in [-0.05, 0) is 12.3 Å². The Kier molecular flexibility index (Phi) is 3.75. The number of urea groups is 1. The third-order valence-electron chi connectivity index (χ3n) is 3.96. The van der Waals surface area contributed by atoms with E-state index in [-0.39, 0.29) is 18.0 Å². The summed E-state index contributed by atoms with van der Waals surface area (Å²) in [5.41, 5.74) is 0. The molecule has 2 aliphatic rings. The van der Waals surface area contributed by atoms with Crippen molar-refractivity contribution < 1.29 is 19.4 Å². The Hall–Kier alpha value is -1.30. The number of carbonyl (C=O) groups excluding carboxylic acids is 1. The van der Waals surface area contributed by atoms with Gasteiger partial charge in [0, 0.05) is 26.7 Å². The van der Waals surface area contributed by atoms with Crippen LogP contribution in [0.15, 0.2) is 0 Å². The summed E-state index contributed by atoms with van der Waals surface area (Å²) >= 11 is 0. The maximum absolute atomic E-state index is 12.2. The molecule has 3 atom stereocenters. The van der Waals surface area contributed by atoms with Crippen LogP contribution in [0.25, 0.3) is 0 Å². The summed E-state index contributed by atoms with van der Waals surface area (Å²) in [6.45, 7) is 3.98. The number of hydrogen-bond donors (Lipinski definition) is 1. The van der Waals surface area contributed by atoms with E-state index in [9.17, 15) is 9.59 Å². The Morgan fingerprint density at radius 3 is 2.61 bits per heavy atom. The molecule has 2 fully saturated rings. The van der Waals surface area contributed by atoms with Crippen LogP contribution in [0.5, 0.6) is 0 Å². The second-order valence-corrected chi connectivity index (χ2v) is 5.24. The lowest BCUT2D eigenvalue weighted by Gasteiger charge is -2.28. The van der Waals surface area contributed by atoms with Crippen LogP contribution in [0.2, 0.25) is 0 Å². The molecule has 0 radical (unpaired) electrons. The number of carboxylic acids is 1. The minimum absolute atomic E-state index is 0.0136. The van der Waals surface area contributed by atoms with E-state index in [0.29, 0.717) is 26.3 Å². The number of rotatable bonds is 2. The van der Waals surface area contributed by atoms with Gasteiger partial charge in [0.15, 0.2) is 0 Å². The highest BCUT2D eigenvalue weighted by molar-refractivity contribution is 5.77. The SMILES string of the molecule is CC1CN(C(=O)N(C)C2CCOC2)CC1C(=O)O. The molecule has 0 aromatic rings. The van der Waals surface area contributed by atoms with Gasteiger partial charge in [-0.15, -0.1) is 0 Å². The van der Waals surface area contributed by atoms with Gasteiger partial charge >= 0.3 is 12.0 Å². The van der Waals surface area contributed by atoms with E-state index >= 15 is 0 Å². The maximum Gasteiger partial charge on any atom is 0.320 e. The standard InChI is InChI=1S/C12H20N2O4/c1-8-5-14(6-10(8)11(15)16)12(17)13(2)9-3-4-18-7-9/h8-10H,3-7H2,1-2H3,(H,15,16). The fourth-order valence-corrected chi connectivity index (χ4v) is 2.65. The predicted molar refractivity (Wildman–Crippen MR) is 64.2 cm³/mol. The Labute approximate surface area is 106 Å². The molecule has 6 heteroatoms. The van der Waals surface area contributed by atoms with Gasteiger partial charge in [-0.2, -0.15) is 0 Å². The highest BCUT2D eigenvalue weighted by Gasteiger charge is 2.39. The number of amides is 2. The largest absolute Gasteiger partial charge is 0.481 e. The molecule has 0 aliphatic carbocycles. The van der Waals surface area contributed by atoms with Crippen molar-refractivity contribution in [3.63, 3.8) is 0 Å². The average molecular weight is 256 g/mol. The lowest BCUT2D eigenvalue weighted by atomic mass is 9.99. The predicted octanol–water partition coefficient (Wildman–Crippen LogP) is 0.480. The van der Waals surface area contributed by atoms with E-state index in [1.54, 1.807) is 16.8 Å². The first-order valence-corrected chi connectivity index (χ1v) is 6.33. The van der Waals surface area contributed by atoms with Gasteiger partial charge in [-0.3, -0.25) is 4.79 Å². The molecule has 102 valence electrons. The molecule has 2 rings (SSSR count). The summed E-state index contributed by atoms with van der Waals surface area (Å²) in [5, 5.41) is 9.06. The zero-order valence-corrected chi connectivity index (χ0v) is 10.8. The molecule has 0 aromatic heterocycles. The summed E-state index contributed by atoms with van der Waals surface area (Å²) in [4.78, 5) is 26.6. The lowest BCUT2D eigenvalue weighted by molar-refractivity contribution is -0.142. The van der Waals surface area contributed by atoms with E-state index < -0.39 is 11.9 Å². The first-order chi connectivity index (χ1) is 8.50. The van der Waals surface area contributed by atoms with Gasteiger partial charge in [0.2, 0.25) is 0 Å². The Morgan fingerprint density at radius 1 is 1.39 bits per heavy atom. The zero-order valence-electron chi connectivity index (χ0n) is 10.8. The van der Waals surface area contributed by atoms with Crippen LogP contribution in [0, 0.1) is 11.8 Å². The molecule has 0 spiro atoms. The number of aliphatic carboxylic acids is 1. The van der Waals surface area contributed by atoms with E-state index in [1.165, 1.54) is 0 Å². The normalized spacial score (nSPS) is 31.7. The Balaban J connectivity index is 1.95. The van der Waals surface area contributed by atoms with Crippen molar-refractivity contribution in [3.05, 3.63) is 0 Å². The molecule has 0 bridgehead atoms. The van der Waals surface area contributed by atoms with E-state index in [0.717, 1.165) is 6.42 Å². The Morgan fingerprint density at radius 2 is 2.11 bits per heavy atom. The zero-order chi connectivity index (χ0) is 13.3. The highest BCUT2D eigenvalue weighted by atomic mass is 16.5. The van der Waals surface area contributed by atoms with Gasteiger partial charge in [-0.25, -0.2) is 4.79 Å². The number of nitrogens with zero attached hydrogens (tertiary/aromatic N) is 2. The van der Waals surface area contributed by atoms with Crippen LogP contribution >= 0.6 is 0 Å². The third kappa shape index (κ3) is 2.43. The summed E-state index contributed by atoms with van der Waals surface area (Å²) in [5.74, 6) is -1.24. The molecule has 6 nitrogen and oxygen atoms in total. The molecule has 2 saturated heterocycles. The summed E-state index contributed by atoms with van der Waals surface area (Å²) in [6.07, 6.45) is 0.855. The summed E-state index contributed by atoms with van der Waals surface area (Å²) in [6, 6.07) is 0.0396. The van der Waals surface area contributed by atoms with Crippen molar-refractivity contribution in [2.75, 3.05) is 33.4 Å². The van der Waals surface area contributed by atoms with Crippen molar-refractivity contribution in [3.8, 4) is 0 Å². The van der Waals surface area contributed by atoms with Crippen LogP contribution in [-0.4, -0.2) is 66.3 Å². The van der Waals surface area contributed by atoms with Gasteiger partial charge in [0.1, 0.15) is 0 Å². The van der Waals surface area contributed by atoms with Crippen molar-refractivity contribution in [1.29, 1.82) is 0 Å². The van der Waals surface area contributed by atoms with Crippen molar-refractivity contribution in [2.45, 2.75) is 19.4 Å². The maximum atomic E-state index is 12.2. The molecular weight excluding hydrogens is 236 g/mol. The number of carbonyl (C=O) groups is 2. The molecule has 2 heterocycles. The topological polar surface area (TPSA) is 70.1 Å². The highest BCUT2D eigenvalue weighted by Crippen LogP contribution is 2.25. The number of hydrogen-bond acceptors (Lipinski definition) is 3. The van der Waals surface area contributed by atoms with Crippen LogP contribution < -0.4 is 0 Å². The minimum Gasteiger partial charge on any atom is -0.481 e. The first-order valence-electron chi connectivity index (χ1n) is 6.33. The fraction of sp³-hybridized carbons (Fsp3) is 0.833. The van der Waals surface area contributed by atoms with Crippen LogP contribution in [-0.2, 0) is 9.53 Å². The third-order valence-corrected chi connectivity index (χ3v) is 3.96. The van der Waals surface area contributed by atoms with Gasteiger partial charge in [-0.1, -0.05) is 6.92 Å². The minimum atomic E-state index is -0.815. The quantitative estimate of drug-likeness (QED) is 0.780. The summed E-state index contributed by atoms with van der Waals surface area (Å²) in [7, 11) is 1.76. The van der Waals surface area contributed by atoms with E-state index in [1.807, 2.05) is 6.92 Å². The van der Waals surface area contributed by atoms with Crippen LogP contribution in [0.1, 0.15) is 13.3 Å². The number of likely N-dealkylation sites (tertiary alicyclic amines) is 1. The van der Waals surface area contributed by atoms with Gasteiger partial charge < -0.3 is 19.6 Å². The summed E-state index contributed by atoms with van der Waals surface area (Å²) < 4.78 is 5.26. The molecule has 18 heavy (non-hydrogen) atoms. The molecule has 0 saturated carbocycles. The van der Waals surface area contributed by atoms with E-state index in [2.05, 4.69) is 0 Å². The van der Waals surface area contributed by atoms with E-state index in [4.69, 9.17) is 9.84 Å². The molecule has 0 aromatic carbocycles. The van der Waals surface area contributed by atoms with Crippen molar-refractivity contribution >= 4 is 12.0 Å². The second kappa shape index (κ2) is 5.14. The first kappa shape index (κ1) is 13.1. The van der Waals surface area contributed by atoms with Crippen LogP contribution in [0.3, 0.4) is 0 Å². The Bertz CT molecular complexity index is 341.